The van der Waals surface area contributed by atoms with E-state index in [4.69, 9.17) is 5.11 Å². The molecule has 0 bridgehead atoms. The Kier molecular flexibility index (Phi) is 9.26. The Morgan fingerprint density at radius 2 is 1.82 bits per heavy atom. The van der Waals surface area contributed by atoms with Crippen LogP contribution >= 0.6 is 11.8 Å². The molecule has 0 saturated heterocycles. The van der Waals surface area contributed by atoms with Crippen LogP contribution < -0.4 is 12.4 Å². The molecule has 0 aromatic carbocycles. The zero-order chi connectivity index (χ0) is 8.04. The minimum Gasteiger partial charge on any atom is -1.00 e. The van der Waals surface area contributed by atoms with Crippen LogP contribution in [0.25, 0.3) is 0 Å². The molecule has 0 aliphatic carbocycles. The average molecular weight is 200 g/mol. The van der Waals surface area contributed by atoms with Crippen LogP contribution in [0.15, 0.2) is 0 Å². The van der Waals surface area contributed by atoms with Gasteiger partial charge in [-0.15, -0.1) is 0 Å². The van der Waals surface area contributed by atoms with Crippen molar-refractivity contribution < 1.29 is 22.0 Å². The average Bonchev–Trinajstić information content (AvgIpc) is 1.84. The zero-order valence-electron chi connectivity index (χ0n) is 7.51. The number of nitrogens with zero attached hydrogens (tertiary/aromatic N) is 1. The number of thioether (sulfide) groups is 1. The van der Waals surface area contributed by atoms with E-state index in [1.54, 1.807) is 0 Å². The molecule has 1 N–H and O–H groups in total. The molecule has 0 aliphatic heterocycles. The van der Waals surface area contributed by atoms with Gasteiger partial charge in [-0.3, -0.25) is 0 Å². The maximum Gasteiger partial charge on any atom is 0.102 e. The second-order valence-corrected chi connectivity index (χ2v) is 4.08. The van der Waals surface area contributed by atoms with Crippen LogP contribution in [-0.2, 0) is 0 Å². The molecule has 2 nitrogen and oxygen atoms in total. The zero-order valence-corrected chi connectivity index (χ0v) is 9.08. The second-order valence-electron chi connectivity index (χ2n) is 3.10. The summed E-state index contributed by atoms with van der Waals surface area (Å²) in [5.74, 6) is 1.17. The minimum absolute atomic E-state index is 0. The Bertz CT molecular complexity index is 90.5. The molecule has 0 heterocycles. The van der Waals surface area contributed by atoms with Gasteiger partial charge in [-0.05, 0) is 6.26 Å². The van der Waals surface area contributed by atoms with Crippen LogP contribution in [0.5, 0.6) is 0 Å². The van der Waals surface area contributed by atoms with E-state index >= 15 is 0 Å². The SMILES string of the molecule is CSCC[N+](C)(C)CCO.[Cl-]. The van der Waals surface area contributed by atoms with Gasteiger partial charge in [0.1, 0.15) is 6.54 Å². The van der Waals surface area contributed by atoms with E-state index in [1.165, 1.54) is 5.75 Å². The predicted molar refractivity (Wildman–Crippen MR) is 47.3 cm³/mol. The van der Waals surface area contributed by atoms with Crippen molar-refractivity contribution in [2.75, 3.05) is 45.8 Å². The molecule has 0 saturated carbocycles. The lowest BCUT2D eigenvalue weighted by Gasteiger charge is -2.28. The maximum absolute atomic E-state index is 8.68. The molecule has 0 atom stereocenters. The molecule has 0 spiro atoms. The number of rotatable bonds is 5. The molecular formula is C7H18ClNOS. The van der Waals surface area contributed by atoms with Gasteiger partial charge in [0, 0.05) is 5.75 Å². The van der Waals surface area contributed by atoms with Crippen LogP contribution in [0.1, 0.15) is 0 Å². The van der Waals surface area contributed by atoms with E-state index in [0.717, 1.165) is 17.6 Å². The van der Waals surface area contributed by atoms with Crippen LogP contribution in [0.3, 0.4) is 0 Å². The fraction of sp³-hybridized carbons (Fsp3) is 1.00. The lowest BCUT2D eigenvalue weighted by atomic mass is 10.4. The summed E-state index contributed by atoms with van der Waals surface area (Å²) in [5, 5.41) is 8.68. The first-order chi connectivity index (χ1) is 4.62. The van der Waals surface area contributed by atoms with Crippen molar-refractivity contribution in [3.05, 3.63) is 0 Å². The van der Waals surface area contributed by atoms with E-state index in [9.17, 15) is 0 Å². The molecule has 0 aromatic heterocycles. The molecule has 0 radical (unpaired) electrons. The number of quaternary nitrogens is 1. The highest BCUT2D eigenvalue weighted by Crippen LogP contribution is 1.99. The van der Waals surface area contributed by atoms with E-state index in [2.05, 4.69) is 20.4 Å². The van der Waals surface area contributed by atoms with Gasteiger partial charge in [-0.25, -0.2) is 0 Å². The first-order valence-electron chi connectivity index (χ1n) is 3.54. The van der Waals surface area contributed by atoms with Crippen molar-refractivity contribution in [3.63, 3.8) is 0 Å². The molecule has 11 heavy (non-hydrogen) atoms. The van der Waals surface area contributed by atoms with Crippen molar-refractivity contribution >= 4 is 11.8 Å². The predicted octanol–water partition coefficient (Wildman–Crippen LogP) is -2.58. The normalized spacial score (nSPS) is 10.9. The molecule has 70 valence electrons. The third-order valence-corrected chi connectivity index (χ3v) is 2.20. The topological polar surface area (TPSA) is 20.2 Å². The molecule has 0 aliphatic rings. The molecule has 0 rings (SSSR count). The van der Waals surface area contributed by atoms with Crippen molar-refractivity contribution in [2.45, 2.75) is 0 Å². The van der Waals surface area contributed by atoms with E-state index < -0.39 is 0 Å². The number of likely N-dealkylation sites (N-methyl/N-ethyl adjacent to an activating group) is 1. The Labute approximate surface area is 80.0 Å². The summed E-state index contributed by atoms with van der Waals surface area (Å²) in [5.41, 5.74) is 0. The summed E-state index contributed by atoms with van der Waals surface area (Å²) >= 11 is 1.86. The highest BCUT2D eigenvalue weighted by molar-refractivity contribution is 7.98. The number of halogens is 1. The first kappa shape index (κ1) is 14.1. The summed E-state index contributed by atoms with van der Waals surface area (Å²) in [4.78, 5) is 0. The molecule has 4 heteroatoms. The van der Waals surface area contributed by atoms with E-state index in [0.29, 0.717) is 6.61 Å². The molecule has 0 unspecified atom stereocenters. The fourth-order valence-electron chi connectivity index (χ4n) is 0.721. The Balaban J connectivity index is 0. The van der Waals surface area contributed by atoms with Crippen LogP contribution in [0.2, 0.25) is 0 Å². The van der Waals surface area contributed by atoms with Gasteiger partial charge in [0.2, 0.25) is 0 Å². The van der Waals surface area contributed by atoms with Crippen LogP contribution in [0.4, 0.5) is 0 Å². The van der Waals surface area contributed by atoms with Gasteiger partial charge >= 0.3 is 0 Å². The van der Waals surface area contributed by atoms with E-state index in [1.807, 2.05) is 11.8 Å². The summed E-state index contributed by atoms with van der Waals surface area (Å²) in [6.45, 7) is 2.30. The standard InChI is InChI=1S/C7H18NOS.ClH/c1-8(2,4-6-9)5-7-10-3;/h9H,4-7H2,1-3H3;1H/q+1;/p-1. The van der Waals surface area contributed by atoms with Crippen molar-refractivity contribution in [1.82, 2.24) is 0 Å². The Morgan fingerprint density at radius 1 is 1.27 bits per heavy atom. The fourth-order valence-corrected chi connectivity index (χ4v) is 1.40. The molecular weight excluding hydrogens is 182 g/mol. The molecule has 0 aromatic rings. The van der Waals surface area contributed by atoms with Crippen molar-refractivity contribution in [1.29, 1.82) is 0 Å². The Morgan fingerprint density at radius 3 is 2.18 bits per heavy atom. The third kappa shape index (κ3) is 8.47. The van der Waals surface area contributed by atoms with Crippen molar-refractivity contribution in [3.8, 4) is 0 Å². The van der Waals surface area contributed by atoms with Crippen LogP contribution in [0, 0.1) is 0 Å². The maximum atomic E-state index is 8.68. The summed E-state index contributed by atoms with van der Waals surface area (Å²) in [6.07, 6.45) is 2.11. The van der Waals surface area contributed by atoms with Gasteiger partial charge in [-0.1, -0.05) is 0 Å². The minimum atomic E-state index is 0. The van der Waals surface area contributed by atoms with Gasteiger partial charge in [-0.2, -0.15) is 11.8 Å². The lowest BCUT2D eigenvalue weighted by molar-refractivity contribution is -0.888. The van der Waals surface area contributed by atoms with Crippen LogP contribution in [-0.4, -0.2) is 55.4 Å². The monoisotopic (exact) mass is 199 g/mol. The molecule has 0 fully saturated rings. The third-order valence-electron chi connectivity index (χ3n) is 1.61. The quantitative estimate of drug-likeness (QED) is 0.491. The first-order valence-corrected chi connectivity index (χ1v) is 4.93. The van der Waals surface area contributed by atoms with E-state index in [-0.39, 0.29) is 12.4 Å². The van der Waals surface area contributed by atoms with Gasteiger partial charge in [0.25, 0.3) is 0 Å². The number of hydrogen-bond acceptors (Lipinski definition) is 2. The molecule has 0 amide bonds. The second kappa shape index (κ2) is 7.22. The van der Waals surface area contributed by atoms with Gasteiger partial charge in [0.15, 0.2) is 0 Å². The van der Waals surface area contributed by atoms with Crippen molar-refractivity contribution in [2.24, 2.45) is 0 Å². The highest BCUT2D eigenvalue weighted by atomic mass is 35.5. The number of hydrogen-bond donors (Lipinski definition) is 1. The summed E-state index contributed by atoms with van der Waals surface area (Å²) < 4.78 is 0.928. The Hall–Kier alpha value is 0.560. The van der Waals surface area contributed by atoms with Gasteiger partial charge < -0.3 is 22.0 Å². The smallest absolute Gasteiger partial charge is 0.102 e. The summed E-state index contributed by atoms with van der Waals surface area (Å²) in [7, 11) is 4.29. The number of aliphatic hydroxyl groups excluding tert-OH is 1. The van der Waals surface area contributed by atoms with Gasteiger partial charge in [0.05, 0.1) is 27.2 Å². The summed E-state index contributed by atoms with van der Waals surface area (Å²) in [6, 6.07) is 0. The largest absolute Gasteiger partial charge is 1.00 e. The highest BCUT2D eigenvalue weighted by Gasteiger charge is 2.11. The number of aliphatic hydroxyl groups is 1. The lowest BCUT2D eigenvalue weighted by Crippen LogP contribution is -3.00.